The Labute approximate surface area is 144 Å². The number of likely N-dealkylation sites (tertiary alicyclic amines) is 1. The Bertz CT molecular complexity index is 507. The number of nitrogens with zero attached hydrogens (tertiary/aromatic N) is 1. The third-order valence-electron chi connectivity index (χ3n) is 4.25. The van der Waals surface area contributed by atoms with Gasteiger partial charge < -0.3 is 10.6 Å². The molecule has 3 nitrogen and oxygen atoms in total. The fourth-order valence-electron chi connectivity index (χ4n) is 2.76. The van der Waals surface area contributed by atoms with Gasteiger partial charge in [0.1, 0.15) is 0 Å². The Hall–Kier alpha value is -0.710. The van der Waals surface area contributed by atoms with Gasteiger partial charge in [0.05, 0.1) is 5.75 Å². The zero-order chi connectivity index (χ0) is 15.4. The zero-order valence-corrected chi connectivity index (χ0v) is 15.3. The smallest absolute Gasteiger partial charge is 0.232 e. The third kappa shape index (κ3) is 5.18. The first-order valence-electron chi connectivity index (χ1n) is 7.71. The Morgan fingerprint density at radius 3 is 2.86 bits per heavy atom. The first-order chi connectivity index (χ1) is 9.97. The van der Waals surface area contributed by atoms with Crippen LogP contribution < -0.4 is 5.73 Å². The van der Waals surface area contributed by atoms with E-state index in [9.17, 15) is 4.79 Å². The van der Waals surface area contributed by atoms with Gasteiger partial charge in [-0.05, 0) is 51.2 Å². The lowest BCUT2D eigenvalue weighted by Gasteiger charge is -2.34. The molecule has 2 atom stereocenters. The van der Waals surface area contributed by atoms with E-state index in [2.05, 4.69) is 32.0 Å². The minimum absolute atomic E-state index is 0. The van der Waals surface area contributed by atoms with Gasteiger partial charge in [-0.3, -0.25) is 4.79 Å². The minimum atomic E-state index is 0. The molecular formula is C17H27ClN2OS. The highest BCUT2D eigenvalue weighted by Crippen LogP contribution is 2.25. The molecule has 1 heterocycles. The molecule has 2 N–H and O–H groups in total. The van der Waals surface area contributed by atoms with Crippen LogP contribution >= 0.6 is 24.2 Å². The van der Waals surface area contributed by atoms with Crippen LogP contribution in [0, 0.1) is 19.8 Å². The lowest BCUT2D eigenvalue weighted by Crippen LogP contribution is -2.45. The van der Waals surface area contributed by atoms with Crippen molar-refractivity contribution in [3.63, 3.8) is 0 Å². The summed E-state index contributed by atoms with van der Waals surface area (Å²) in [6.45, 7) is 7.94. The summed E-state index contributed by atoms with van der Waals surface area (Å²) >= 11 is 1.65. The second kappa shape index (κ2) is 8.80. The highest BCUT2D eigenvalue weighted by molar-refractivity contribution is 8.00. The van der Waals surface area contributed by atoms with Crippen molar-refractivity contribution in [3.05, 3.63) is 29.3 Å². The third-order valence-corrected chi connectivity index (χ3v) is 5.39. The van der Waals surface area contributed by atoms with E-state index in [0.717, 1.165) is 25.9 Å². The molecule has 1 aliphatic heterocycles. The van der Waals surface area contributed by atoms with E-state index in [0.29, 0.717) is 11.7 Å². The highest BCUT2D eigenvalue weighted by Gasteiger charge is 2.25. The maximum atomic E-state index is 12.4. The molecule has 1 aliphatic rings. The van der Waals surface area contributed by atoms with Gasteiger partial charge in [-0.1, -0.05) is 17.7 Å². The van der Waals surface area contributed by atoms with Crippen LogP contribution in [0.3, 0.4) is 0 Å². The molecule has 0 bridgehead atoms. The van der Waals surface area contributed by atoms with Gasteiger partial charge in [0.25, 0.3) is 0 Å². The van der Waals surface area contributed by atoms with Crippen LogP contribution in [-0.2, 0) is 4.79 Å². The standard InChI is InChI=1S/C17H26N2OS.ClH/c1-12-6-7-13(2)16(9-12)21-11-17(20)19-8-4-5-15(10-19)14(3)18;/h6-7,9,14-15H,4-5,8,10-11,18H2,1-3H3;1H. The van der Waals surface area contributed by atoms with Crippen LogP contribution in [0.4, 0.5) is 0 Å². The first-order valence-corrected chi connectivity index (χ1v) is 8.69. The van der Waals surface area contributed by atoms with Gasteiger partial charge in [0, 0.05) is 24.0 Å². The maximum absolute atomic E-state index is 12.4. The molecule has 0 aromatic heterocycles. The zero-order valence-electron chi connectivity index (χ0n) is 13.7. The molecule has 0 radical (unpaired) electrons. The molecule has 5 heteroatoms. The number of piperidine rings is 1. The summed E-state index contributed by atoms with van der Waals surface area (Å²) in [5.41, 5.74) is 8.47. The number of aryl methyl sites for hydroxylation is 2. The Morgan fingerprint density at radius 2 is 2.18 bits per heavy atom. The van der Waals surface area contributed by atoms with Crippen LogP contribution in [0.25, 0.3) is 0 Å². The fourth-order valence-corrected chi connectivity index (χ4v) is 3.79. The molecule has 124 valence electrons. The van der Waals surface area contributed by atoms with E-state index in [4.69, 9.17) is 5.73 Å². The van der Waals surface area contributed by atoms with Crippen molar-refractivity contribution in [3.8, 4) is 0 Å². The van der Waals surface area contributed by atoms with Gasteiger partial charge in [0.2, 0.25) is 5.91 Å². The number of nitrogens with two attached hydrogens (primary N) is 1. The van der Waals surface area contributed by atoms with Crippen LogP contribution in [-0.4, -0.2) is 35.7 Å². The van der Waals surface area contributed by atoms with Crippen molar-refractivity contribution in [2.75, 3.05) is 18.8 Å². The summed E-state index contributed by atoms with van der Waals surface area (Å²) in [4.78, 5) is 15.6. The molecule has 0 saturated carbocycles. The predicted octanol–water partition coefficient (Wildman–Crippen LogP) is 3.40. The van der Waals surface area contributed by atoms with Crippen molar-refractivity contribution < 1.29 is 4.79 Å². The van der Waals surface area contributed by atoms with Gasteiger partial charge in [-0.25, -0.2) is 0 Å². The fraction of sp³-hybridized carbons (Fsp3) is 0.588. The summed E-state index contributed by atoms with van der Waals surface area (Å²) in [5, 5.41) is 0. The normalized spacial score (nSPS) is 19.5. The minimum Gasteiger partial charge on any atom is -0.342 e. The number of carbonyl (C=O) groups excluding carboxylic acids is 1. The van der Waals surface area contributed by atoms with Crippen LogP contribution in [0.5, 0.6) is 0 Å². The van der Waals surface area contributed by atoms with E-state index in [1.807, 2.05) is 11.8 Å². The summed E-state index contributed by atoms with van der Waals surface area (Å²) in [7, 11) is 0. The second-order valence-corrected chi connectivity index (χ2v) is 7.18. The Balaban J connectivity index is 0.00000242. The van der Waals surface area contributed by atoms with E-state index in [1.165, 1.54) is 16.0 Å². The number of hydrogen-bond acceptors (Lipinski definition) is 3. The SMILES string of the molecule is Cc1ccc(C)c(SCC(=O)N2CCCC(C(C)N)C2)c1.Cl. The summed E-state index contributed by atoms with van der Waals surface area (Å²) < 4.78 is 0. The van der Waals surface area contributed by atoms with E-state index >= 15 is 0 Å². The first kappa shape index (κ1) is 19.3. The highest BCUT2D eigenvalue weighted by atomic mass is 35.5. The molecule has 1 aromatic rings. The molecule has 1 fully saturated rings. The molecule has 22 heavy (non-hydrogen) atoms. The maximum Gasteiger partial charge on any atom is 0.232 e. The topological polar surface area (TPSA) is 46.3 Å². The Kier molecular flexibility index (Phi) is 7.74. The largest absolute Gasteiger partial charge is 0.342 e. The molecule has 2 unspecified atom stereocenters. The predicted molar refractivity (Wildman–Crippen MR) is 96.8 cm³/mol. The molecular weight excluding hydrogens is 316 g/mol. The monoisotopic (exact) mass is 342 g/mol. The summed E-state index contributed by atoms with van der Waals surface area (Å²) in [6.07, 6.45) is 2.22. The number of amides is 1. The van der Waals surface area contributed by atoms with Crippen LogP contribution in [0.1, 0.15) is 30.9 Å². The molecule has 0 aliphatic carbocycles. The average Bonchev–Trinajstić information content (AvgIpc) is 2.48. The van der Waals surface area contributed by atoms with Gasteiger partial charge in [0.15, 0.2) is 0 Å². The number of hydrogen-bond donors (Lipinski definition) is 1. The number of thioether (sulfide) groups is 1. The van der Waals surface area contributed by atoms with Crippen molar-refractivity contribution >= 4 is 30.1 Å². The van der Waals surface area contributed by atoms with Crippen LogP contribution in [0.15, 0.2) is 23.1 Å². The summed E-state index contributed by atoms with van der Waals surface area (Å²) in [6, 6.07) is 6.56. The molecule has 2 rings (SSSR count). The van der Waals surface area contributed by atoms with Gasteiger partial charge in [-0.15, -0.1) is 24.2 Å². The lowest BCUT2D eigenvalue weighted by atomic mass is 9.92. The van der Waals surface area contributed by atoms with E-state index < -0.39 is 0 Å². The average molecular weight is 343 g/mol. The second-order valence-electron chi connectivity index (χ2n) is 6.16. The lowest BCUT2D eigenvalue weighted by molar-refractivity contribution is -0.130. The van der Waals surface area contributed by atoms with Crippen molar-refractivity contribution in [1.82, 2.24) is 4.90 Å². The summed E-state index contributed by atoms with van der Waals surface area (Å²) in [5.74, 6) is 1.22. The van der Waals surface area contributed by atoms with Crippen molar-refractivity contribution in [2.45, 2.75) is 44.6 Å². The number of benzene rings is 1. The van der Waals surface area contributed by atoms with Crippen molar-refractivity contribution in [1.29, 1.82) is 0 Å². The number of halogens is 1. The molecule has 0 spiro atoms. The molecule has 1 amide bonds. The number of carbonyl (C=O) groups is 1. The van der Waals surface area contributed by atoms with Gasteiger partial charge >= 0.3 is 0 Å². The number of rotatable bonds is 4. The van der Waals surface area contributed by atoms with E-state index in [-0.39, 0.29) is 24.4 Å². The molecule has 1 aromatic carbocycles. The van der Waals surface area contributed by atoms with Crippen molar-refractivity contribution in [2.24, 2.45) is 11.7 Å². The molecule has 1 saturated heterocycles. The quantitative estimate of drug-likeness (QED) is 0.853. The van der Waals surface area contributed by atoms with Crippen LogP contribution in [0.2, 0.25) is 0 Å². The van der Waals surface area contributed by atoms with Gasteiger partial charge in [-0.2, -0.15) is 0 Å². The Morgan fingerprint density at radius 1 is 1.45 bits per heavy atom. The van der Waals surface area contributed by atoms with E-state index in [1.54, 1.807) is 11.8 Å².